The monoisotopic (exact) mass is 340 g/mol. The van der Waals surface area contributed by atoms with Crippen LogP contribution in [0.5, 0.6) is 0 Å². The highest BCUT2D eigenvalue weighted by Crippen LogP contribution is 2.41. The topological polar surface area (TPSA) is 26.3 Å². The Morgan fingerprint density at radius 3 is 2.54 bits per heavy atom. The summed E-state index contributed by atoms with van der Waals surface area (Å²) >= 11 is 0. The van der Waals surface area contributed by atoms with Gasteiger partial charge < -0.3 is 4.74 Å². The smallest absolute Gasteiger partial charge is 0.316 e. The first-order valence-electron chi connectivity index (χ1n) is 8.68. The van der Waals surface area contributed by atoms with Crippen LogP contribution in [0.1, 0.15) is 33.6 Å². The molecule has 1 aliphatic rings. The molecule has 0 fully saturated rings. The maximum atomic E-state index is 11.7. The second-order valence-corrected chi connectivity index (χ2v) is 11.9. The molecule has 2 rings (SSSR count). The van der Waals surface area contributed by atoms with Gasteiger partial charge in [-0.25, -0.2) is 0 Å². The normalized spacial score (nSPS) is 16.7. The van der Waals surface area contributed by atoms with Crippen LogP contribution in [-0.4, -0.2) is 20.7 Å². The molecule has 0 spiro atoms. The van der Waals surface area contributed by atoms with E-state index in [4.69, 9.17) is 4.74 Å². The Bertz CT molecular complexity index is 675. The van der Waals surface area contributed by atoms with Gasteiger partial charge in [-0.3, -0.25) is 4.79 Å². The van der Waals surface area contributed by atoms with E-state index in [0.29, 0.717) is 6.61 Å². The van der Waals surface area contributed by atoms with Crippen molar-refractivity contribution in [1.29, 1.82) is 0 Å². The van der Waals surface area contributed by atoms with Gasteiger partial charge in [0.25, 0.3) is 0 Å². The van der Waals surface area contributed by atoms with Gasteiger partial charge in [-0.1, -0.05) is 68.9 Å². The lowest BCUT2D eigenvalue weighted by molar-refractivity contribution is -0.144. The van der Waals surface area contributed by atoms with Crippen LogP contribution in [0.3, 0.4) is 0 Å². The highest BCUT2D eigenvalue weighted by atomic mass is 28.3. The molecule has 0 heterocycles. The summed E-state index contributed by atoms with van der Waals surface area (Å²) in [5.41, 5.74) is 4.85. The van der Waals surface area contributed by atoms with Gasteiger partial charge in [0.05, 0.1) is 12.5 Å². The zero-order chi connectivity index (χ0) is 17.8. The van der Waals surface area contributed by atoms with Crippen molar-refractivity contribution >= 4 is 19.2 Å². The molecule has 3 heteroatoms. The fourth-order valence-electron chi connectivity index (χ4n) is 2.83. The number of rotatable bonds is 6. The predicted molar refractivity (Wildman–Crippen MR) is 103 cm³/mol. The molecular formula is C21H28O2Si. The highest BCUT2D eigenvalue weighted by Gasteiger charge is 2.36. The third kappa shape index (κ3) is 5.11. The Kier molecular flexibility index (Phi) is 5.72. The molecule has 0 N–H and O–H groups in total. The van der Waals surface area contributed by atoms with Gasteiger partial charge in [0.15, 0.2) is 8.07 Å². The first-order chi connectivity index (χ1) is 11.2. The van der Waals surface area contributed by atoms with Crippen LogP contribution in [0.2, 0.25) is 13.1 Å². The molecule has 1 atom stereocenters. The third-order valence-electron chi connectivity index (χ3n) is 4.36. The van der Waals surface area contributed by atoms with Crippen molar-refractivity contribution in [1.82, 2.24) is 0 Å². The van der Waals surface area contributed by atoms with E-state index in [0.717, 1.165) is 12.8 Å². The number of hydrogen-bond donors (Lipinski definition) is 0. The Morgan fingerprint density at radius 1 is 1.25 bits per heavy atom. The molecule has 1 aromatic rings. The van der Waals surface area contributed by atoms with E-state index in [1.54, 1.807) is 0 Å². The van der Waals surface area contributed by atoms with Gasteiger partial charge in [0, 0.05) is 6.42 Å². The van der Waals surface area contributed by atoms with Gasteiger partial charge in [0.2, 0.25) is 0 Å². The van der Waals surface area contributed by atoms with Crippen molar-refractivity contribution in [3.8, 4) is 11.5 Å². The van der Waals surface area contributed by atoms with E-state index in [2.05, 4.69) is 62.7 Å². The Labute approximate surface area is 147 Å². The number of carbonyl (C=O) groups is 1. The first kappa shape index (κ1) is 18.5. The molecule has 24 heavy (non-hydrogen) atoms. The molecule has 0 amide bonds. The lowest BCUT2D eigenvalue weighted by Gasteiger charge is -2.21. The Balaban J connectivity index is 1.90. The van der Waals surface area contributed by atoms with Crippen LogP contribution in [0.15, 0.2) is 42.0 Å². The summed E-state index contributed by atoms with van der Waals surface area (Å²) in [7, 11) is -1.70. The van der Waals surface area contributed by atoms with Crippen LogP contribution < -0.4 is 5.19 Å². The van der Waals surface area contributed by atoms with Crippen LogP contribution in [-0.2, 0) is 9.53 Å². The lowest BCUT2D eigenvalue weighted by atomic mass is 9.84. The van der Waals surface area contributed by atoms with E-state index in [9.17, 15) is 4.79 Å². The molecule has 2 nitrogen and oxygen atoms in total. The molecule has 1 aliphatic carbocycles. The Morgan fingerprint density at radius 2 is 1.92 bits per heavy atom. The molecule has 0 radical (unpaired) electrons. The van der Waals surface area contributed by atoms with Crippen LogP contribution in [0.25, 0.3) is 0 Å². The summed E-state index contributed by atoms with van der Waals surface area (Å²) < 4.78 is 5.07. The molecule has 0 bridgehead atoms. The summed E-state index contributed by atoms with van der Waals surface area (Å²) in [6, 6.07) is 10.6. The minimum atomic E-state index is -1.70. The van der Waals surface area contributed by atoms with Crippen molar-refractivity contribution in [2.45, 2.75) is 46.7 Å². The van der Waals surface area contributed by atoms with Gasteiger partial charge in [0.1, 0.15) is 0 Å². The quantitative estimate of drug-likeness (QED) is 0.338. The van der Waals surface area contributed by atoms with Crippen molar-refractivity contribution in [3.63, 3.8) is 0 Å². The molecule has 0 aromatic heterocycles. The predicted octanol–water partition coefficient (Wildman–Crippen LogP) is 4.07. The van der Waals surface area contributed by atoms with Crippen molar-refractivity contribution in [2.75, 3.05) is 6.61 Å². The van der Waals surface area contributed by atoms with E-state index < -0.39 is 8.07 Å². The van der Waals surface area contributed by atoms with Gasteiger partial charge >= 0.3 is 5.97 Å². The largest absolute Gasteiger partial charge is 0.465 e. The van der Waals surface area contributed by atoms with E-state index in [1.165, 1.54) is 10.8 Å². The fraction of sp³-hybridized carbons (Fsp3) is 0.476. The average Bonchev–Trinajstić information content (AvgIpc) is 3.26. The number of benzene rings is 1. The van der Waals surface area contributed by atoms with Gasteiger partial charge in [-0.2, -0.15) is 0 Å². The Hall–Kier alpha value is -1.79. The standard InChI is InChI=1S/C21H28O2Si/c1-6-23-20(22)19-15-17(19)16-21(2,3)13-10-14-24(4,5)18-11-8-7-9-12-18/h7-9,11-12,15,19H,6,13,16H2,1-5H3/t19-/m0/s1. The average molecular weight is 341 g/mol. The fourth-order valence-corrected chi connectivity index (χ4v) is 4.53. The van der Waals surface area contributed by atoms with Crippen LogP contribution in [0.4, 0.5) is 0 Å². The molecule has 0 unspecified atom stereocenters. The molecular weight excluding hydrogens is 312 g/mol. The zero-order valence-corrected chi connectivity index (χ0v) is 16.5. The minimum Gasteiger partial charge on any atom is -0.465 e. The maximum absolute atomic E-state index is 11.7. The SMILES string of the molecule is CCOC(=O)[C@H]1C=C1CC(C)(C)CC#C[Si](C)(C)c1ccccc1. The van der Waals surface area contributed by atoms with E-state index in [1.807, 2.05) is 19.1 Å². The molecule has 1 aromatic carbocycles. The second-order valence-electron chi connectivity index (χ2n) is 7.78. The summed E-state index contributed by atoms with van der Waals surface area (Å²) in [6.45, 7) is 11.3. The van der Waals surface area contributed by atoms with Crippen LogP contribution >= 0.6 is 0 Å². The van der Waals surface area contributed by atoms with Gasteiger partial charge in [-0.05, 0) is 23.9 Å². The first-order valence-corrected chi connectivity index (χ1v) is 11.7. The maximum Gasteiger partial charge on any atom is 0.316 e. The van der Waals surface area contributed by atoms with Crippen molar-refractivity contribution in [3.05, 3.63) is 42.0 Å². The molecule has 0 saturated carbocycles. The zero-order valence-electron chi connectivity index (χ0n) is 15.5. The van der Waals surface area contributed by atoms with Crippen molar-refractivity contribution < 1.29 is 9.53 Å². The number of hydrogen-bond acceptors (Lipinski definition) is 2. The highest BCUT2D eigenvalue weighted by molar-refractivity contribution is 6.96. The summed E-state index contributed by atoms with van der Waals surface area (Å²) in [5.74, 6) is 3.25. The van der Waals surface area contributed by atoms with Crippen LogP contribution in [0, 0.1) is 22.8 Å². The van der Waals surface area contributed by atoms with Gasteiger partial charge in [-0.15, -0.1) is 11.5 Å². The van der Waals surface area contributed by atoms with E-state index >= 15 is 0 Å². The third-order valence-corrected chi connectivity index (χ3v) is 6.94. The molecule has 128 valence electrons. The minimum absolute atomic E-state index is 0.0766. The van der Waals surface area contributed by atoms with E-state index in [-0.39, 0.29) is 17.3 Å². The second kappa shape index (κ2) is 7.40. The summed E-state index contributed by atoms with van der Waals surface area (Å²) in [6.07, 6.45) is 3.79. The molecule has 0 saturated heterocycles. The number of carbonyl (C=O) groups excluding carboxylic acids is 1. The van der Waals surface area contributed by atoms with Crippen molar-refractivity contribution in [2.24, 2.45) is 11.3 Å². The number of ether oxygens (including phenoxy) is 1. The lowest BCUT2D eigenvalue weighted by Crippen LogP contribution is -2.40. The summed E-state index contributed by atoms with van der Waals surface area (Å²) in [5, 5.41) is 1.38. The summed E-state index contributed by atoms with van der Waals surface area (Å²) in [4.78, 5) is 11.7. The number of esters is 1. The molecule has 0 aliphatic heterocycles.